The first-order chi connectivity index (χ1) is 7.49. The van der Waals surface area contributed by atoms with Gasteiger partial charge in [0, 0.05) is 5.02 Å². The van der Waals surface area contributed by atoms with Gasteiger partial charge in [0.25, 0.3) is 5.60 Å². The van der Waals surface area contributed by atoms with Crippen molar-refractivity contribution in [2.24, 2.45) is 0 Å². The molecule has 0 aromatic heterocycles. The van der Waals surface area contributed by atoms with E-state index in [1.54, 1.807) is 12.1 Å². The molecule has 1 unspecified atom stereocenters. The maximum atomic E-state index is 12.0. The molecule has 84 valence electrons. The van der Waals surface area contributed by atoms with Crippen LogP contribution in [-0.4, -0.2) is 24.5 Å². The summed E-state index contributed by atoms with van der Waals surface area (Å²) in [6.45, 7) is 1.38. The lowest BCUT2D eigenvalue weighted by atomic mass is 9.98. The van der Waals surface area contributed by atoms with E-state index in [0.717, 1.165) is 0 Å². The van der Waals surface area contributed by atoms with Crippen LogP contribution in [0.15, 0.2) is 18.2 Å². The highest BCUT2D eigenvalue weighted by Crippen LogP contribution is 2.36. The molecule has 2 rings (SSSR count). The van der Waals surface area contributed by atoms with Gasteiger partial charge in [0.15, 0.2) is 0 Å². The average Bonchev–Trinajstić information content (AvgIpc) is 2.52. The standard InChI is InChI=1S/C11H9ClO4/c1-11(10(14)15-2)9(13)7-5-6(12)3-4-8(7)16-11/h3-5H,1-2H3. The predicted octanol–water partition coefficient (Wildman–Crippen LogP) is 1.85. The first-order valence-electron chi connectivity index (χ1n) is 4.61. The average molecular weight is 241 g/mol. The Labute approximate surface area is 97.1 Å². The largest absolute Gasteiger partial charge is 0.467 e. The molecule has 1 aliphatic heterocycles. The summed E-state index contributed by atoms with van der Waals surface area (Å²) in [7, 11) is 1.21. The predicted molar refractivity (Wildman–Crippen MR) is 56.8 cm³/mol. The van der Waals surface area contributed by atoms with Crippen LogP contribution in [0.4, 0.5) is 0 Å². The van der Waals surface area contributed by atoms with Crippen LogP contribution in [-0.2, 0) is 9.53 Å². The molecule has 0 spiro atoms. The van der Waals surface area contributed by atoms with Gasteiger partial charge in [-0.25, -0.2) is 4.79 Å². The third kappa shape index (κ3) is 1.38. The zero-order valence-corrected chi connectivity index (χ0v) is 9.50. The van der Waals surface area contributed by atoms with Gasteiger partial charge >= 0.3 is 5.97 Å². The molecule has 5 heteroatoms. The fraction of sp³-hybridized carbons (Fsp3) is 0.273. The maximum absolute atomic E-state index is 12.0. The molecular weight excluding hydrogens is 232 g/mol. The van der Waals surface area contributed by atoms with Crippen molar-refractivity contribution in [2.75, 3.05) is 7.11 Å². The molecule has 0 N–H and O–H groups in total. The maximum Gasteiger partial charge on any atom is 0.358 e. The second-order valence-electron chi connectivity index (χ2n) is 3.60. The number of carbonyl (C=O) groups excluding carboxylic acids is 2. The number of ketones is 1. The molecule has 0 fully saturated rings. The second-order valence-corrected chi connectivity index (χ2v) is 4.03. The minimum absolute atomic E-state index is 0.306. The quantitative estimate of drug-likeness (QED) is 0.555. The van der Waals surface area contributed by atoms with Crippen LogP contribution in [0.25, 0.3) is 0 Å². The summed E-state index contributed by atoms with van der Waals surface area (Å²) in [6, 6.07) is 4.63. The van der Waals surface area contributed by atoms with Gasteiger partial charge in [0.05, 0.1) is 12.7 Å². The van der Waals surface area contributed by atoms with E-state index < -0.39 is 17.4 Å². The van der Waals surface area contributed by atoms with Gasteiger partial charge in [0.1, 0.15) is 5.75 Å². The third-order valence-electron chi connectivity index (χ3n) is 2.51. The Hall–Kier alpha value is -1.55. The first kappa shape index (κ1) is 11.0. The van der Waals surface area contributed by atoms with Crippen molar-refractivity contribution in [3.05, 3.63) is 28.8 Å². The van der Waals surface area contributed by atoms with Crippen molar-refractivity contribution in [2.45, 2.75) is 12.5 Å². The Morgan fingerprint density at radius 1 is 1.50 bits per heavy atom. The van der Waals surface area contributed by atoms with E-state index in [0.29, 0.717) is 16.3 Å². The van der Waals surface area contributed by atoms with Crippen molar-refractivity contribution < 1.29 is 19.1 Å². The van der Waals surface area contributed by atoms with Crippen LogP contribution in [0.1, 0.15) is 17.3 Å². The Balaban J connectivity index is 2.49. The number of hydrogen-bond donors (Lipinski definition) is 0. The van der Waals surface area contributed by atoms with E-state index in [1.807, 2.05) is 0 Å². The minimum atomic E-state index is -1.60. The van der Waals surface area contributed by atoms with E-state index in [1.165, 1.54) is 20.1 Å². The molecule has 1 aliphatic rings. The van der Waals surface area contributed by atoms with E-state index in [4.69, 9.17) is 16.3 Å². The first-order valence-corrected chi connectivity index (χ1v) is 4.98. The normalized spacial score (nSPS) is 22.6. The lowest BCUT2D eigenvalue weighted by Crippen LogP contribution is -2.45. The lowest BCUT2D eigenvalue weighted by molar-refractivity contribution is -0.152. The fourth-order valence-electron chi connectivity index (χ4n) is 1.62. The third-order valence-corrected chi connectivity index (χ3v) is 2.74. The molecular formula is C11H9ClO4. The summed E-state index contributed by atoms with van der Waals surface area (Å²) in [4.78, 5) is 23.5. The molecule has 0 amide bonds. The summed E-state index contributed by atoms with van der Waals surface area (Å²) in [5.74, 6) is -0.802. The SMILES string of the molecule is COC(=O)C1(C)Oc2ccc(Cl)cc2C1=O. The molecule has 0 saturated carbocycles. The Morgan fingerprint density at radius 2 is 2.19 bits per heavy atom. The summed E-state index contributed by atoms with van der Waals surface area (Å²) < 4.78 is 9.88. The number of Topliss-reactive ketones (excluding diaryl/α,β-unsaturated/α-hetero) is 1. The van der Waals surface area contributed by atoms with Crippen LogP contribution < -0.4 is 4.74 Å². The van der Waals surface area contributed by atoms with E-state index in [2.05, 4.69) is 4.74 Å². The zero-order valence-electron chi connectivity index (χ0n) is 8.74. The summed E-state index contributed by atoms with van der Waals surface area (Å²) in [6.07, 6.45) is 0. The summed E-state index contributed by atoms with van der Waals surface area (Å²) in [5, 5.41) is 0.421. The van der Waals surface area contributed by atoms with Crippen molar-refractivity contribution in [1.29, 1.82) is 0 Å². The van der Waals surface area contributed by atoms with Gasteiger partial charge in [-0.1, -0.05) is 11.6 Å². The van der Waals surface area contributed by atoms with Gasteiger partial charge in [-0.3, -0.25) is 4.79 Å². The second kappa shape index (κ2) is 3.49. The number of rotatable bonds is 1. The number of esters is 1. The number of carbonyl (C=O) groups is 2. The molecule has 1 heterocycles. The van der Waals surface area contributed by atoms with Gasteiger partial charge in [-0.15, -0.1) is 0 Å². The number of hydrogen-bond acceptors (Lipinski definition) is 4. The highest BCUT2D eigenvalue weighted by molar-refractivity contribution is 6.31. The molecule has 0 aliphatic carbocycles. The number of fused-ring (bicyclic) bond motifs is 1. The number of halogens is 1. The van der Waals surface area contributed by atoms with Crippen molar-refractivity contribution >= 4 is 23.4 Å². The highest BCUT2D eigenvalue weighted by atomic mass is 35.5. The lowest BCUT2D eigenvalue weighted by Gasteiger charge is -2.18. The van der Waals surface area contributed by atoms with E-state index in [9.17, 15) is 9.59 Å². The summed E-state index contributed by atoms with van der Waals surface area (Å²) >= 11 is 5.77. The molecule has 4 nitrogen and oxygen atoms in total. The Morgan fingerprint density at radius 3 is 2.81 bits per heavy atom. The van der Waals surface area contributed by atoms with Crippen LogP contribution in [0.2, 0.25) is 5.02 Å². The molecule has 0 bridgehead atoms. The Kier molecular flexibility index (Phi) is 2.39. The van der Waals surface area contributed by atoms with E-state index in [-0.39, 0.29) is 0 Å². The van der Waals surface area contributed by atoms with Crippen LogP contribution in [0.5, 0.6) is 5.75 Å². The minimum Gasteiger partial charge on any atom is -0.467 e. The van der Waals surface area contributed by atoms with E-state index >= 15 is 0 Å². The fourth-order valence-corrected chi connectivity index (χ4v) is 1.79. The number of methoxy groups -OCH3 is 1. The van der Waals surface area contributed by atoms with Gasteiger partial charge < -0.3 is 9.47 Å². The van der Waals surface area contributed by atoms with Gasteiger partial charge in [-0.2, -0.15) is 0 Å². The van der Waals surface area contributed by atoms with Gasteiger partial charge in [0.2, 0.25) is 5.78 Å². The van der Waals surface area contributed by atoms with Crippen LogP contribution in [0.3, 0.4) is 0 Å². The molecule has 1 atom stereocenters. The molecule has 16 heavy (non-hydrogen) atoms. The molecule has 0 saturated heterocycles. The topological polar surface area (TPSA) is 52.6 Å². The smallest absolute Gasteiger partial charge is 0.358 e. The number of benzene rings is 1. The molecule has 0 radical (unpaired) electrons. The highest BCUT2D eigenvalue weighted by Gasteiger charge is 2.51. The van der Waals surface area contributed by atoms with Crippen molar-refractivity contribution in [3.8, 4) is 5.75 Å². The van der Waals surface area contributed by atoms with Crippen molar-refractivity contribution in [1.82, 2.24) is 0 Å². The van der Waals surface area contributed by atoms with Crippen molar-refractivity contribution in [3.63, 3.8) is 0 Å². The van der Waals surface area contributed by atoms with Gasteiger partial charge in [-0.05, 0) is 25.1 Å². The number of ether oxygens (including phenoxy) is 2. The monoisotopic (exact) mass is 240 g/mol. The zero-order chi connectivity index (χ0) is 11.9. The molecule has 1 aromatic rings. The summed E-state index contributed by atoms with van der Waals surface area (Å²) in [5.41, 5.74) is -1.29. The molecule has 1 aromatic carbocycles. The van der Waals surface area contributed by atoms with Crippen LogP contribution in [0, 0.1) is 0 Å². The van der Waals surface area contributed by atoms with Crippen LogP contribution >= 0.6 is 11.6 Å². The Bertz CT molecular complexity index is 483.